The summed E-state index contributed by atoms with van der Waals surface area (Å²) in [5, 5.41) is 15.6. The number of H-pyrrole nitrogens is 1. The van der Waals surface area contributed by atoms with Crippen LogP contribution in [0.4, 0.5) is 0 Å². The van der Waals surface area contributed by atoms with Crippen LogP contribution in [0.5, 0.6) is 0 Å². The van der Waals surface area contributed by atoms with E-state index in [1.165, 1.54) is 11.3 Å². The fourth-order valence-electron chi connectivity index (χ4n) is 3.03. The molecule has 9 heteroatoms. The predicted octanol–water partition coefficient (Wildman–Crippen LogP) is 3.84. The summed E-state index contributed by atoms with van der Waals surface area (Å²) in [6.45, 7) is 1.96. The Morgan fingerprint density at radius 1 is 1.25 bits per heavy atom. The third-order valence-electron chi connectivity index (χ3n) is 4.49. The lowest BCUT2D eigenvalue weighted by Gasteiger charge is -2.04. The lowest BCUT2D eigenvalue weighted by atomic mass is 10.1. The standard InChI is InChI=1S/C19H17N5O2S2/c1-13-15(10-22-23-13)14-4-6-18-21-11-16(24(18)12-14)17-5-7-19(27-17)28(25,26)9-3-2-8-20/h4-7,10-12H,2-3,9H2,1H3,(H,22,23). The molecule has 0 spiro atoms. The highest BCUT2D eigenvalue weighted by Gasteiger charge is 2.19. The van der Waals surface area contributed by atoms with Gasteiger partial charge in [0.1, 0.15) is 9.86 Å². The Kier molecular flexibility index (Phi) is 4.75. The van der Waals surface area contributed by atoms with Gasteiger partial charge >= 0.3 is 0 Å². The first-order chi connectivity index (χ1) is 13.5. The minimum absolute atomic E-state index is 0.0163. The molecule has 0 unspecified atom stereocenters. The first-order valence-corrected chi connectivity index (χ1v) is 11.1. The molecule has 7 nitrogen and oxygen atoms in total. The van der Waals surface area contributed by atoms with E-state index in [0.717, 1.165) is 33.0 Å². The van der Waals surface area contributed by atoms with Gasteiger partial charge in [0.05, 0.1) is 34.8 Å². The molecule has 4 heterocycles. The van der Waals surface area contributed by atoms with Gasteiger partial charge in [-0.15, -0.1) is 11.3 Å². The van der Waals surface area contributed by atoms with Crippen LogP contribution < -0.4 is 0 Å². The number of imidazole rings is 1. The molecule has 0 saturated carbocycles. The summed E-state index contributed by atoms with van der Waals surface area (Å²) in [7, 11) is -3.38. The van der Waals surface area contributed by atoms with E-state index in [4.69, 9.17) is 5.26 Å². The van der Waals surface area contributed by atoms with Crippen molar-refractivity contribution in [2.24, 2.45) is 0 Å². The number of nitrogens with one attached hydrogen (secondary N) is 1. The molecular weight excluding hydrogens is 394 g/mol. The second-order valence-electron chi connectivity index (χ2n) is 6.40. The van der Waals surface area contributed by atoms with Gasteiger partial charge in [-0.2, -0.15) is 10.4 Å². The summed E-state index contributed by atoms with van der Waals surface area (Å²) in [6.07, 6.45) is 6.09. The van der Waals surface area contributed by atoms with Crippen molar-refractivity contribution < 1.29 is 8.42 Å². The van der Waals surface area contributed by atoms with E-state index in [-0.39, 0.29) is 12.2 Å². The van der Waals surface area contributed by atoms with Crippen molar-refractivity contribution in [2.75, 3.05) is 5.75 Å². The minimum Gasteiger partial charge on any atom is -0.298 e. The molecule has 0 atom stereocenters. The first kappa shape index (κ1) is 18.4. The molecule has 0 fully saturated rings. The van der Waals surface area contributed by atoms with Gasteiger partial charge in [-0.3, -0.25) is 9.50 Å². The van der Waals surface area contributed by atoms with E-state index in [2.05, 4.69) is 15.2 Å². The number of rotatable bonds is 6. The van der Waals surface area contributed by atoms with Crippen LogP contribution in [-0.4, -0.2) is 33.8 Å². The van der Waals surface area contributed by atoms with Crippen LogP contribution in [0.2, 0.25) is 0 Å². The number of nitrogens with zero attached hydrogens (tertiary/aromatic N) is 4. The number of thiophene rings is 1. The zero-order valence-electron chi connectivity index (χ0n) is 15.1. The number of nitriles is 1. The van der Waals surface area contributed by atoms with Gasteiger partial charge in [0.15, 0.2) is 9.84 Å². The Labute approximate surface area is 166 Å². The maximum atomic E-state index is 12.5. The van der Waals surface area contributed by atoms with E-state index in [1.807, 2.05) is 35.7 Å². The number of sulfone groups is 1. The van der Waals surface area contributed by atoms with Gasteiger partial charge in [-0.05, 0) is 37.6 Å². The van der Waals surface area contributed by atoms with E-state index in [0.29, 0.717) is 10.6 Å². The van der Waals surface area contributed by atoms with E-state index in [1.54, 1.807) is 24.5 Å². The highest BCUT2D eigenvalue weighted by molar-refractivity contribution is 7.93. The second kappa shape index (κ2) is 7.22. The molecule has 0 aliphatic carbocycles. The minimum atomic E-state index is -3.38. The molecule has 4 rings (SSSR count). The third-order valence-corrected chi connectivity index (χ3v) is 7.98. The molecule has 0 bridgehead atoms. The van der Waals surface area contributed by atoms with Crippen molar-refractivity contribution in [3.8, 4) is 27.8 Å². The third kappa shape index (κ3) is 3.32. The molecule has 0 aliphatic rings. The number of aryl methyl sites for hydroxylation is 1. The Morgan fingerprint density at radius 2 is 2.11 bits per heavy atom. The molecule has 0 amide bonds. The molecule has 4 aromatic heterocycles. The van der Waals surface area contributed by atoms with Gasteiger partial charge in [-0.1, -0.05) is 0 Å². The highest BCUT2D eigenvalue weighted by Crippen LogP contribution is 2.33. The van der Waals surface area contributed by atoms with Crippen LogP contribution in [0.25, 0.3) is 27.3 Å². The maximum absolute atomic E-state index is 12.5. The first-order valence-electron chi connectivity index (χ1n) is 8.67. The second-order valence-corrected chi connectivity index (χ2v) is 9.82. The topological polar surface area (TPSA) is 104 Å². The Balaban J connectivity index is 1.71. The molecular formula is C19H17N5O2S2. The fraction of sp³-hybridized carbons (Fsp3) is 0.211. The average molecular weight is 412 g/mol. The van der Waals surface area contributed by atoms with E-state index in [9.17, 15) is 8.42 Å². The number of hydrogen-bond donors (Lipinski definition) is 1. The summed E-state index contributed by atoms with van der Waals surface area (Å²) in [6, 6.07) is 9.34. The zero-order chi connectivity index (χ0) is 19.7. The molecule has 0 radical (unpaired) electrons. The Hall–Kier alpha value is -2.96. The van der Waals surface area contributed by atoms with Gasteiger partial charge in [0.2, 0.25) is 0 Å². The number of unbranched alkanes of at least 4 members (excludes halogenated alkanes) is 1. The summed E-state index contributed by atoms with van der Waals surface area (Å²) in [5.41, 5.74) is 4.60. The molecule has 4 aromatic rings. The van der Waals surface area contributed by atoms with Crippen LogP contribution >= 0.6 is 11.3 Å². The summed E-state index contributed by atoms with van der Waals surface area (Å²) in [5.74, 6) is -0.0163. The van der Waals surface area contributed by atoms with E-state index < -0.39 is 9.84 Å². The zero-order valence-corrected chi connectivity index (χ0v) is 16.7. The number of pyridine rings is 1. The maximum Gasteiger partial charge on any atom is 0.187 e. The lowest BCUT2D eigenvalue weighted by Crippen LogP contribution is -2.04. The molecule has 0 aliphatic heterocycles. The lowest BCUT2D eigenvalue weighted by molar-refractivity contribution is 0.595. The van der Waals surface area contributed by atoms with Crippen LogP contribution in [0, 0.1) is 18.3 Å². The fourth-order valence-corrected chi connectivity index (χ4v) is 5.80. The summed E-state index contributed by atoms with van der Waals surface area (Å²) >= 11 is 1.23. The SMILES string of the molecule is Cc1[nH]ncc1-c1ccc2ncc(-c3ccc(S(=O)(=O)CCCC#N)s3)n2c1. The van der Waals surface area contributed by atoms with Crippen molar-refractivity contribution >= 4 is 26.8 Å². The predicted molar refractivity (Wildman–Crippen MR) is 108 cm³/mol. The van der Waals surface area contributed by atoms with Gasteiger partial charge < -0.3 is 0 Å². The summed E-state index contributed by atoms with van der Waals surface area (Å²) in [4.78, 5) is 5.26. The van der Waals surface area contributed by atoms with Crippen molar-refractivity contribution in [2.45, 2.75) is 24.0 Å². The largest absolute Gasteiger partial charge is 0.298 e. The Morgan fingerprint density at radius 3 is 2.86 bits per heavy atom. The van der Waals surface area contributed by atoms with Crippen molar-refractivity contribution in [3.05, 3.63) is 48.5 Å². The van der Waals surface area contributed by atoms with Crippen LogP contribution in [0.15, 0.2) is 47.1 Å². The molecule has 1 N–H and O–H groups in total. The van der Waals surface area contributed by atoms with Gasteiger partial charge in [0, 0.05) is 29.4 Å². The highest BCUT2D eigenvalue weighted by atomic mass is 32.2. The number of hydrogen-bond acceptors (Lipinski definition) is 6. The average Bonchev–Trinajstić information content (AvgIpc) is 3.40. The van der Waals surface area contributed by atoms with Gasteiger partial charge in [-0.25, -0.2) is 13.4 Å². The van der Waals surface area contributed by atoms with Crippen LogP contribution in [0.3, 0.4) is 0 Å². The van der Waals surface area contributed by atoms with Crippen LogP contribution in [-0.2, 0) is 9.84 Å². The normalized spacial score (nSPS) is 11.7. The smallest absolute Gasteiger partial charge is 0.187 e. The number of aromatic nitrogens is 4. The quantitative estimate of drug-likeness (QED) is 0.486. The Bertz CT molecular complexity index is 1290. The summed E-state index contributed by atoms with van der Waals surface area (Å²) < 4.78 is 27.2. The molecule has 0 aromatic carbocycles. The monoisotopic (exact) mass is 411 g/mol. The van der Waals surface area contributed by atoms with Crippen molar-refractivity contribution in [3.63, 3.8) is 0 Å². The number of aromatic amines is 1. The van der Waals surface area contributed by atoms with E-state index >= 15 is 0 Å². The van der Waals surface area contributed by atoms with Crippen molar-refractivity contribution in [1.82, 2.24) is 19.6 Å². The molecule has 28 heavy (non-hydrogen) atoms. The molecule has 0 saturated heterocycles. The van der Waals surface area contributed by atoms with Gasteiger partial charge in [0.25, 0.3) is 0 Å². The molecule has 142 valence electrons. The number of fused-ring (bicyclic) bond motifs is 1. The van der Waals surface area contributed by atoms with Crippen molar-refractivity contribution in [1.29, 1.82) is 5.26 Å². The van der Waals surface area contributed by atoms with Crippen LogP contribution in [0.1, 0.15) is 18.5 Å².